The van der Waals surface area contributed by atoms with E-state index in [1.54, 1.807) is 20.8 Å². The van der Waals surface area contributed by atoms with Crippen LogP contribution in [0.1, 0.15) is 51.5 Å². The van der Waals surface area contributed by atoms with Crippen LogP contribution >= 0.6 is 0 Å². The number of nitrogens with zero attached hydrogens (tertiary/aromatic N) is 2. The maximum Gasteiger partial charge on any atom is 0.475 e. The van der Waals surface area contributed by atoms with E-state index < -0.39 is 36.3 Å². The van der Waals surface area contributed by atoms with E-state index in [0.29, 0.717) is 6.42 Å². The average molecular weight is 350 g/mol. The zero-order chi connectivity index (χ0) is 19.2. The summed E-state index contributed by atoms with van der Waals surface area (Å²) in [5.74, 6) is -1.66. The van der Waals surface area contributed by atoms with Crippen LogP contribution in [0.15, 0.2) is 18.6 Å². The predicted molar refractivity (Wildman–Crippen MR) is 94.3 cm³/mol. The van der Waals surface area contributed by atoms with E-state index in [0.717, 1.165) is 0 Å². The van der Waals surface area contributed by atoms with Crippen LogP contribution in [-0.2, 0) is 4.79 Å². The fourth-order valence-electron chi connectivity index (χ4n) is 2.33. The summed E-state index contributed by atoms with van der Waals surface area (Å²) in [7, 11) is -1.68. The Bertz CT molecular complexity index is 575. The third kappa shape index (κ3) is 6.79. The first-order chi connectivity index (χ1) is 11.5. The highest BCUT2D eigenvalue weighted by atomic mass is 16.4. The summed E-state index contributed by atoms with van der Waals surface area (Å²) in [5.41, 5.74) is -0.490. The van der Waals surface area contributed by atoms with E-state index in [9.17, 15) is 19.6 Å². The van der Waals surface area contributed by atoms with E-state index in [4.69, 9.17) is 0 Å². The number of rotatable bonds is 7. The highest BCUT2D eigenvalue weighted by Crippen LogP contribution is 2.20. The third-order valence-electron chi connectivity index (χ3n) is 3.61. The first kappa shape index (κ1) is 21.0. The van der Waals surface area contributed by atoms with E-state index >= 15 is 0 Å². The van der Waals surface area contributed by atoms with Gasteiger partial charge < -0.3 is 20.7 Å². The van der Waals surface area contributed by atoms with Crippen molar-refractivity contribution in [3.63, 3.8) is 0 Å². The second kappa shape index (κ2) is 8.91. The van der Waals surface area contributed by atoms with Crippen LogP contribution in [0.4, 0.5) is 0 Å². The lowest BCUT2D eigenvalue weighted by atomic mass is 9.74. The average Bonchev–Trinajstić information content (AvgIpc) is 2.50. The molecule has 9 heteroatoms. The maximum atomic E-state index is 12.7. The van der Waals surface area contributed by atoms with Crippen LogP contribution in [0.5, 0.6) is 0 Å². The van der Waals surface area contributed by atoms with Gasteiger partial charge in [-0.25, -0.2) is 4.98 Å². The molecular weight excluding hydrogens is 323 g/mol. The number of amides is 2. The molecule has 8 nitrogen and oxygen atoms in total. The summed E-state index contributed by atoms with van der Waals surface area (Å²) in [6.45, 7) is 9.25. The number of aromatic nitrogens is 2. The highest BCUT2D eigenvalue weighted by molar-refractivity contribution is 6.43. The molecule has 2 atom stereocenters. The molecule has 138 valence electrons. The minimum atomic E-state index is -1.68. The molecule has 0 bridgehead atoms. The van der Waals surface area contributed by atoms with E-state index in [2.05, 4.69) is 20.6 Å². The zero-order valence-corrected chi connectivity index (χ0v) is 15.4. The van der Waals surface area contributed by atoms with Gasteiger partial charge in [0.25, 0.3) is 5.91 Å². The second-order valence-electron chi connectivity index (χ2n) is 7.52. The fourth-order valence-corrected chi connectivity index (χ4v) is 2.33. The first-order valence-electron chi connectivity index (χ1n) is 8.25. The molecule has 4 N–H and O–H groups in total. The molecule has 2 amide bonds. The summed E-state index contributed by atoms with van der Waals surface area (Å²) >= 11 is 0. The summed E-state index contributed by atoms with van der Waals surface area (Å²) in [5, 5.41) is 24.3. The molecule has 0 aliphatic rings. The highest BCUT2D eigenvalue weighted by Gasteiger charge is 2.36. The Morgan fingerprint density at radius 1 is 1.20 bits per heavy atom. The molecule has 1 aromatic heterocycles. The summed E-state index contributed by atoms with van der Waals surface area (Å²) in [4.78, 5) is 32.7. The molecule has 0 fully saturated rings. The van der Waals surface area contributed by atoms with Crippen molar-refractivity contribution in [3.05, 3.63) is 24.3 Å². The van der Waals surface area contributed by atoms with Crippen LogP contribution in [0.2, 0.25) is 0 Å². The van der Waals surface area contributed by atoms with E-state index in [1.165, 1.54) is 18.6 Å². The van der Waals surface area contributed by atoms with Crippen molar-refractivity contribution in [3.8, 4) is 0 Å². The summed E-state index contributed by atoms with van der Waals surface area (Å²) in [6.07, 6.45) is 4.55. The minimum Gasteiger partial charge on any atom is -0.426 e. The number of carbonyl (C=O) groups is 2. The van der Waals surface area contributed by atoms with E-state index in [-0.39, 0.29) is 11.6 Å². The Labute approximate surface area is 148 Å². The number of carbonyl (C=O) groups excluding carboxylic acids is 2. The molecule has 0 aliphatic heterocycles. The first-order valence-corrected chi connectivity index (χ1v) is 8.25. The van der Waals surface area contributed by atoms with Gasteiger partial charge in [-0.1, -0.05) is 34.6 Å². The monoisotopic (exact) mass is 350 g/mol. The molecule has 1 rings (SSSR count). The van der Waals surface area contributed by atoms with Crippen molar-refractivity contribution in [2.45, 2.75) is 53.0 Å². The second-order valence-corrected chi connectivity index (χ2v) is 7.52. The zero-order valence-electron chi connectivity index (χ0n) is 15.4. The van der Waals surface area contributed by atoms with Gasteiger partial charge in [0.05, 0.1) is 12.1 Å². The smallest absolute Gasteiger partial charge is 0.426 e. The van der Waals surface area contributed by atoms with Crippen LogP contribution in [0, 0.1) is 11.3 Å². The van der Waals surface area contributed by atoms with Gasteiger partial charge in [-0.05, 0) is 17.8 Å². The maximum absolute atomic E-state index is 12.7. The largest absolute Gasteiger partial charge is 0.475 e. The number of nitrogens with one attached hydrogen (secondary N) is 2. The van der Waals surface area contributed by atoms with Crippen molar-refractivity contribution < 1.29 is 19.6 Å². The Morgan fingerprint density at radius 3 is 2.28 bits per heavy atom. The van der Waals surface area contributed by atoms with Crippen molar-refractivity contribution in [2.75, 3.05) is 0 Å². The molecule has 0 aromatic carbocycles. The van der Waals surface area contributed by atoms with Crippen molar-refractivity contribution >= 4 is 18.9 Å². The van der Waals surface area contributed by atoms with Gasteiger partial charge in [0.15, 0.2) is 0 Å². The molecular formula is C16H27BN4O4. The van der Waals surface area contributed by atoms with Gasteiger partial charge in [-0.15, -0.1) is 0 Å². The fraction of sp³-hybridized carbons (Fsp3) is 0.625. The Morgan fingerprint density at radius 2 is 1.84 bits per heavy atom. The molecule has 0 unspecified atom stereocenters. The number of hydrogen-bond donors (Lipinski definition) is 4. The van der Waals surface area contributed by atoms with Crippen molar-refractivity contribution in [2.24, 2.45) is 11.3 Å². The normalized spacial score (nSPS) is 13.9. The minimum absolute atomic E-state index is 0.102. The lowest BCUT2D eigenvalue weighted by Gasteiger charge is -2.32. The summed E-state index contributed by atoms with van der Waals surface area (Å²) < 4.78 is 0. The molecule has 1 heterocycles. The van der Waals surface area contributed by atoms with Gasteiger partial charge in [0, 0.05) is 12.4 Å². The van der Waals surface area contributed by atoms with E-state index in [1.807, 2.05) is 13.8 Å². The van der Waals surface area contributed by atoms with Gasteiger partial charge >= 0.3 is 7.12 Å². The van der Waals surface area contributed by atoms with Gasteiger partial charge in [-0.2, -0.15) is 0 Å². The van der Waals surface area contributed by atoms with Crippen LogP contribution in [0.3, 0.4) is 0 Å². The van der Waals surface area contributed by atoms with Gasteiger partial charge in [0.1, 0.15) is 11.7 Å². The quantitative estimate of drug-likeness (QED) is 0.520. The van der Waals surface area contributed by atoms with Crippen molar-refractivity contribution in [1.82, 2.24) is 20.6 Å². The number of hydrogen-bond acceptors (Lipinski definition) is 6. The molecule has 25 heavy (non-hydrogen) atoms. The SMILES string of the molecule is CC(C)C[C@H](NC(=O)[C@H](NC(=O)c1cnccn1)C(C)(C)C)B(O)O. The lowest BCUT2D eigenvalue weighted by molar-refractivity contribution is -0.125. The van der Waals surface area contributed by atoms with Gasteiger partial charge in [0.2, 0.25) is 5.91 Å². The molecule has 0 aliphatic carbocycles. The molecule has 1 aromatic rings. The Hall–Kier alpha value is -2.00. The standard InChI is InChI=1S/C16H27BN4O4/c1-10(2)8-12(17(24)25)20-15(23)13(16(3,4)5)21-14(22)11-9-18-6-7-19-11/h6-7,9-10,12-13,24-25H,8H2,1-5H3,(H,20,23)(H,21,22)/t12-,13-/m0/s1. The molecule has 0 radical (unpaired) electrons. The topological polar surface area (TPSA) is 124 Å². The van der Waals surface area contributed by atoms with Crippen LogP contribution in [0.25, 0.3) is 0 Å². The third-order valence-corrected chi connectivity index (χ3v) is 3.61. The molecule has 0 saturated carbocycles. The Kier molecular flexibility index (Phi) is 7.50. The van der Waals surface area contributed by atoms with Gasteiger partial charge in [-0.3, -0.25) is 14.6 Å². The molecule has 0 spiro atoms. The van der Waals surface area contributed by atoms with Crippen molar-refractivity contribution in [1.29, 1.82) is 0 Å². The molecule has 0 saturated heterocycles. The van der Waals surface area contributed by atoms with Crippen LogP contribution in [-0.4, -0.2) is 50.9 Å². The van der Waals surface area contributed by atoms with Crippen LogP contribution < -0.4 is 10.6 Å². The predicted octanol–water partition coefficient (Wildman–Crippen LogP) is 0.164. The Balaban J connectivity index is 2.91. The lowest BCUT2D eigenvalue weighted by Crippen LogP contribution is -2.58. The summed E-state index contributed by atoms with van der Waals surface area (Å²) in [6, 6.07) is -0.879.